The summed E-state index contributed by atoms with van der Waals surface area (Å²) in [4.78, 5) is 22.7. The molecule has 0 spiro atoms. The molecule has 0 bridgehead atoms. The summed E-state index contributed by atoms with van der Waals surface area (Å²) in [6.07, 6.45) is 0.835. The minimum Gasteiger partial charge on any atom is -0.480 e. The van der Waals surface area contributed by atoms with Gasteiger partial charge in [0.1, 0.15) is 11.3 Å². The summed E-state index contributed by atoms with van der Waals surface area (Å²) in [5.74, 6) is -1.69. The minimum atomic E-state index is -4.18. The van der Waals surface area contributed by atoms with Gasteiger partial charge in [-0.1, -0.05) is 13.3 Å². The van der Waals surface area contributed by atoms with Gasteiger partial charge in [-0.25, -0.2) is 4.79 Å². The first kappa shape index (κ1) is 15.9. The zero-order valence-electron chi connectivity index (χ0n) is 10.5. The second-order valence-corrected chi connectivity index (χ2v) is 6.22. The molecule has 1 rings (SSSR count). The van der Waals surface area contributed by atoms with Crippen LogP contribution >= 0.6 is 0 Å². The number of carbonyl (C=O) groups is 2. The lowest BCUT2D eigenvalue weighted by molar-refractivity contribution is -0.142. The van der Waals surface area contributed by atoms with E-state index in [9.17, 15) is 18.0 Å². The van der Waals surface area contributed by atoms with Crippen molar-refractivity contribution in [3.05, 3.63) is 0 Å². The van der Waals surface area contributed by atoms with Gasteiger partial charge in [-0.15, -0.1) is 0 Å². The minimum absolute atomic E-state index is 0.0254. The van der Waals surface area contributed by atoms with Gasteiger partial charge in [0, 0.05) is 6.54 Å². The molecule has 9 heteroatoms. The maximum absolute atomic E-state index is 11.8. The van der Waals surface area contributed by atoms with Crippen LogP contribution in [0.2, 0.25) is 0 Å². The number of amides is 1. The normalized spacial score (nSPS) is 24.9. The first-order valence-corrected chi connectivity index (χ1v) is 7.49. The van der Waals surface area contributed by atoms with Gasteiger partial charge in [-0.2, -0.15) is 8.42 Å². The van der Waals surface area contributed by atoms with E-state index in [1.807, 2.05) is 0 Å². The largest absolute Gasteiger partial charge is 0.480 e. The topological polar surface area (TPSA) is 133 Å². The average Bonchev–Trinajstić information content (AvgIpc) is 2.76. The van der Waals surface area contributed by atoms with Gasteiger partial charge < -0.3 is 15.7 Å². The molecule has 0 saturated carbocycles. The first-order valence-electron chi connectivity index (χ1n) is 5.98. The van der Waals surface area contributed by atoms with Crippen molar-refractivity contribution >= 4 is 22.0 Å². The van der Waals surface area contributed by atoms with Crippen LogP contribution in [0.25, 0.3) is 0 Å². The Morgan fingerprint density at radius 3 is 2.53 bits per heavy atom. The summed E-state index contributed by atoms with van der Waals surface area (Å²) < 4.78 is 30.7. The van der Waals surface area contributed by atoms with Crippen molar-refractivity contribution in [1.82, 2.24) is 10.6 Å². The molecular weight excluding hydrogens is 276 g/mol. The fourth-order valence-corrected chi connectivity index (χ4v) is 2.69. The van der Waals surface area contributed by atoms with E-state index in [0.717, 1.165) is 0 Å². The average molecular weight is 294 g/mol. The van der Waals surface area contributed by atoms with Crippen LogP contribution in [0.1, 0.15) is 26.2 Å². The highest BCUT2D eigenvalue weighted by atomic mass is 32.2. The maximum Gasteiger partial charge on any atom is 0.326 e. The summed E-state index contributed by atoms with van der Waals surface area (Å²) >= 11 is 0. The van der Waals surface area contributed by atoms with E-state index >= 15 is 0 Å². The molecule has 1 fully saturated rings. The van der Waals surface area contributed by atoms with Gasteiger partial charge in [0.2, 0.25) is 5.91 Å². The number of hydrogen-bond donors (Lipinski definition) is 4. The highest BCUT2D eigenvalue weighted by Crippen LogP contribution is 2.14. The number of rotatable bonds is 6. The molecule has 1 heterocycles. The van der Waals surface area contributed by atoms with Crippen LogP contribution in [-0.4, -0.2) is 53.8 Å². The number of carboxylic acid groups (broad SMARTS) is 1. The number of carboxylic acids is 1. The van der Waals surface area contributed by atoms with Crippen molar-refractivity contribution in [2.24, 2.45) is 0 Å². The van der Waals surface area contributed by atoms with Crippen molar-refractivity contribution in [3.8, 4) is 0 Å². The molecule has 0 aliphatic carbocycles. The molecule has 8 nitrogen and oxygen atoms in total. The summed E-state index contributed by atoms with van der Waals surface area (Å²) in [5.41, 5.74) is 0. The van der Waals surface area contributed by atoms with Crippen LogP contribution in [-0.2, 0) is 19.7 Å². The van der Waals surface area contributed by atoms with Gasteiger partial charge >= 0.3 is 5.97 Å². The van der Waals surface area contributed by atoms with Crippen LogP contribution in [0, 0.1) is 0 Å². The number of hydrogen-bond acceptors (Lipinski definition) is 5. The highest BCUT2D eigenvalue weighted by molar-refractivity contribution is 7.86. The van der Waals surface area contributed by atoms with Gasteiger partial charge in [0.05, 0.1) is 6.04 Å². The third kappa shape index (κ3) is 4.44. The van der Waals surface area contributed by atoms with E-state index < -0.39 is 39.3 Å². The summed E-state index contributed by atoms with van der Waals surface area (Å²) in [6.45, 7) is 1.77. The van der Waals surface area contributed by atoms with E-state index in [1.165, 1.54) is 0 Å². The van der Waals surface area contributed by atoms with Crippen molar-refractivity contribution in [2.75, 3.05) is 6.54 Å². The van der Waals surface area contributed by atoms with E-state index in [0.29, 0.717) is 12.8 Å². The summed E-state index contributed by atoms with van der Waals surface area (Å²) in [6, 6.07) is -1.78. The van der Waals surface area contributed by atoms with Gasteiger partial charge in [-0.05, 0) is 12.8 Å². The quantitative estimate of drug-likeness (QED) is 0.460. The van der Waals surface area contributed by atoms with Crippen molar-refractivity contribution in [1.29, 1.82) is 0 Å². The zero-order valence-corrected chi connectivity index (χ0v) is 11.3. The third-order valence-electron chi connectivity index (χ3n) is 3.02. The molecule has 0 radical (unpaired) electrons. The molecule has 3 atom stereocenters. The predicted octanol–water partition coefficient (Wildman–Crippen LogP) is -1.03. The molecule has 19 heavy (non-hydrogen) atoms. The molecule has 4 N–H and O–H groups in total. The summed E-state index contributed by atoms with van der Waals surface area (Å²) in [5, 5.41) is 12.9. The molecular formula is C10H18N2O6S. The van der Waals surface area contributed by atoms with Crippen molar-refractivity contribution in [2.45, 2.75) is 43.5 Å². The third-order valence-corrected chi connectivity index (χ3v) is 4.22. The molecule has 0 unspecified atom stereocenters. The Labute approximate surface area is 111 Å². The number of carbonyl (C=O) groups excluding carboxylic acids is 1. The Bertz CT molecular complexity index is 449. The molecule has 0 aromatic rings. The Hall–Kier alpha value is -1.19. The Morgan fingerprint density at radius 1 is 1.47 bits per heavy atom. The highest BCUT2D eigenvalue weighted by Gasteiger charge is 2.37. The maximum atomic E-state index is 11.8. The van der Waals surface area contributed by atoms with E-state index in [4.69, 9.17) is 9.66 Å². The van der Waals surface area contributed by atoms with Gasteiger partial charge in [0.25, 0.3) is 10.1 Å². The Balaban J connectivity index is 2.58. The second-order valence-electron chi connectivity index (χ2n) is 4.52. The Morgan fingerprint density at radius 2 is 2.11 bits per heavy atom. The molecule has 0 aromatic heterocycles. The van der Waals surface area contributed by atoms with Gasteiger partial charge in [-0.3, -0.25) is 9.35 Å². The van der Waals surface area contributed by atoms with Crippen LogP contribution < -0.4 is 10.6 Å². The lowest BCUT2D eigenvalue weighted by atomic mass is 10.1. The van der Waals surface area contributed by atoms with Crippen LogP contribution in [0.4, 0.5) is 0 Å². The first-order chi connectivity index (χ1) is 8.75. The lowest BCUT2D eigenvalue weighted by Crippen LogP contribution is -2.48. The molecule has 1 saturated heterocycles. The van der Waals surface area contributed by atoms with Gasteiger partial charge in [0.15, 0.2) is 0 Å². The van der Waals surface area contributed by atoms with Crippen molar-refractivity contribution in [3.63, 3.8) is 0 Å². The SMILES string of the molecule is CCC[C@H](NC(=O)[C@@H]1C[C@H](S(=O)(=O)O)CN1)C(=O)O. The number of nitrogens with one attached hydrogen (secondary N) is 2. The fourth-order valence-electron chi connectivity index (χ4n) is 1.95. The van der Waals surface area contributed by atoms with Crippen LogP contribution in [0.3, 0.4) is 0 Å². The molecule has 110 valence electrons. The van der Waals surface area contributed by atoms with Crippen LogP contribution in [0.5, 0.6) is 0 Å². The van der Waals surface area contributed by atoms with E-state index in [1.54, 1.807) is 6.92 Å². The molecule has 0 aromatic carbocycles. The lowest BCUT2D eigenvalue weighted by Gasteiger charge is -2.16. The number of aliphatic carboxylic acids is 1. The van der Waals surface area contributed by atoms with E-state index in [-0.39, 0.29) is 13.0 Å². The molecule has 1 aliphatic rings. The van der Waals surface area contributed by atoms with E-state index in [2.05, 4.69) is 10.6 Å². The standard InChI is InChI=1S/C10H18N2O6S/c1-2-3-7(10(14)15)12-9(13)8-4-6(5-11-8)19(16,17)18/h6-8,11H,2-5H2,1H3,(H,12,13)(H,14,15)(H,16,17,18)/t6-,7-,8-/m0/s1. The molecule has 1 aliphatic heterocycles. The van der Waals surface area contributed by atoms with Crippen LogP contribution in [0.15, 0.2) is 0 Å². The summed E-state index contributed by atoms with van der Waals surface area (Å²) in [7, 11) is -4.18. The monoisotopic (exact) mass is 294 g/mol. The molecule has 1 amide bonds. The second kappa shape index (κ2) is 6.31. The fraction of sp³-hybridized carbons (Fsp3) is 0.800. The Kier molecular flexibility index (Phi) is 5.27. The predicted molar refractivity (Wildman–Crippen MR) is 66.2 cm³/mol. The smallest absolute Gasteiger partial charge is 0.326 e. The van der Waals surface area contributed by atoms with Crippen molar-refractivity contribution < 1.29 is 27.7 Å². The zero-order chi connectivity index (χ0) is 14.6.